The molecule has 0 rings (SSSR count). The van der Waals surface area contributed by atoms with Crippen molar-refractivity contribution in [2.75, 3.05) is 0 Å². The Morgan fingerprint density at radius 1 is 1.22 bits per heavy atom. The molecule has 0 bridgehead atoms. The Bertz CT molecular complexity index is 46.9. The van der Waals surface area contributed by atoms with Crippen molar-refractivity contribution >= 4 is 18.9 Å². The van der Waals surface area contributed by atoms with E-state index in [1.54, 1.807) is 0 Å². The number of allylic oxidation sites excluding steroid dienone is 2. The van der Waals surface area contributed by atoms with Crippen LogP contribution in [-0.2, 0) is 17.1 Å². The average Bonchev–Trinajstić information content (AvgIpc) is 1.38. The molecular weight excluding hydrogens is 146 g/mol. The fourth-order valence-electron chi connectivity index (χ4n) is 0. The zero-order valence-electron chi connectivity index (χ0n) is 7.16. The van der Waals surface area contributed by atoms with E-state index in [9.17, 15) is 0 Å². The van der Waals surface area contributed by atoms with Crippen molar-refractivity contribution in [2.45, 2.75) is 13.8 Å². The summed E-state index contributed by atoms with van der Waals surface area (Å²) in [7, 11) is 0. The van der Waals surface area contributed by atoms with E-state index in [1.807, 2.05) is 19.9 Å². The molecule has 0 aromatic rings. The summed E-state index contributed by atoms with van der Waals surface area (Å²) in [6, 6.07) is 0. The van der Waals surface area contributed by atoms with Gasteiger partial charge >= 0.3 is 17.1 Å². The van der Waals surface area contributed by atoms with Gasteiger partial charge in [-0.3, -0.25) is 0 Å². The summed E-state index contributed by atoms with van der Waals surface area (Å²) < 4.78 is 0. The van der Waals surface area contributed by atoms with Gasteiger partial charge in [0, 0.05) is 18.9 Å². The summed E-state index contributed by atoms with van der Waals surface area (Å²) in [6.45, 7) is 7.56. The van der Waals surface area contributed by atoms with Gasteiger partial charge in [0.15, 0.2) is 0 Å². The van der Waals surface area contributed by atoms with E-state index in [1.165, 1.54) is 5.57 Å². The predicted octanol–water partition coefficient (Wildman–Crippen LogP) is 2.30. The average molecular weight is 161 g/mol. The van der Waals surface area contributed by atoms with Gasteiger partial charge in [0.1, 0.15) is 0 Å². The van der Waals surface area contributed by atoms with Crippen molar-refractivity contribution in [1.29, 1.82) is 0 Å². The molecule has 0 aliphatic heterocycles. The molecule has 0 heterocycles. The minimum absolute atomic E-state index is 0. The molecule has 9 heavy (non-hydrogen) atoms. The smallest absolute Gasteiger partial charge is 0.358 e. The van der Waals surface area contributed by atoms with Crippen molar-refractivity contribution < 1.29 is 17.1 Å². The van der Waals surface area contributed by atoms with Crippen LogP contribution in [0.3, 0.4) is 0 Å². The molecule has 0 unspecified atom stereocenters. The van der Waals surface area contributed by atoms with Crippen LogP contribution in [0.25, 0.3) is 0 Å². The normalized spacial score (nSPS) is 3.78. The minimum atomic E-state index is 0. The van der Waals surface area contributed by atoms with Gasteiger partial charge in [-0.15, -0.1) is 13.8 Å². The Labute approximate surface area is 83.1 Å². The summed E-state index contributed by atoms with van der Waals surface area (Å²) in [5.74, 6) is 0. The maximum absolute atomic E-state index is 3.52. The van der Waals surface area contributed by atoms with Crippen LogP contribution in [0.1, 0.15) is 13.8 Å². The summed E-state index contributed by atoms with van der Waals surface area (Å²) >= 11 is 0. The maximum Gasteiger partial charge on any atom is 3.00 e. The van der Waals surface area contributed by atoms with E-state index in [4.69, 9.17) is 0 Å². The Morgan fingerprint density at radius 2 is 1.33 bits per heavy atom. The SMILES string of the molecule is [CH2-]C=C(C)C.[CH3-].[CH3-].[Li].[Mn+3]. The zero-order chi connectivity index (χ0) is 4.28. The van der Waals surface area contributed by atoms with Crippen LogP contribution in [-0.4, -0.2) is 18.9 Å². The van der Waals surface area contributed by atoms with Crippen molar-refractivity contribution in [1.82, 2.24) is 0 Å². The van der Waals surface area contributed by atoms with Crippen LogP contribution in [0.15, 0.2) is 11.6 Å². The molecule has 0 atom stereocenters. The van der Waals surface area contributed by atoms with Gasteiger partial charge in [-0.2, -0.15) is 0 Å². The molecule has 0 N–H and O–H groups in total. The second kappa shape index (κ2) is 23.3. The first-order valence-corrected chi connectivity index (χ1v) is 1.70. The van der Waals surface area contributed by atoms with E-state index < -0.39 is 0 Å². The van der Waals surface area contributed by atoms with E-state index in [-0.39, 0.29) is 50.8 Å². The van der Waals surface area contributed by atoms with E-state index in [2.05, 4.69) is 6.92 Å². The van der Waals surface area contributed by atoms with Crippen molar-refractivity contribution in [3.63, 3.8) is 0 Å². The number of hydrogen-bond donors (Lipinski definition) is 0. The van der Waals surface area contributed by atoms with Crippen LogP contribution < -0.4 is 0 Å². The van der Waals surface area contributed by atoms with Gasteiger partial charge in [-0.05, 0) is 0 Å². The van der Waals surface area contributed by atoms with Gasteiger partial charge in [0.25, 0.3) is 0 Å². The predicted molar refractivity (Wildman–Crippen MR) is 43.4 cm³/mol. The number of rotatable bonds is 0. The van der Waals surface area contributed by atoms with Crippen LogP contribution in [0.5, 0.6) is 0 Å². The summed E-state index contributed by atoms with van der Waals surface area (Å²) in [4.78, 5) is 0. The first kappa shape index (κ1) is 33.2. The van der Waals surface area contributed by atoms with Gasteiger partial charge < -0.3 is 14.9 Å². The van der Waals surface area contributed by atoms with Gasteiger partial charge in [0.2, 0.25) is 0 Å². The standard InChI is InChI=1S/C5H9.2CH3.Li.Mn/c1-4-5(2)3;;;;/h4H,1H2,2-3H3;2*1H3;;/q3*-1;;+3. The van der Waals surface area contributed by atoms with Crippen LogP contribution in [0, 0.1) is 21.8 Å². The van der Waals surface area contributed by atoms with Crippen molar-refractivity contribution in [3.05, 3.63) is 33.4 Å². The molecule has 0 aromatic heterocycles. The van der Waals surface area contributed by atoms with Crippen LogP contribution >= 0.6 is 0 Å². The molecule has 0 nitrogen and oxygen atoms in total. The van der Waals surface area contributed by atoms with Gasteiger partial charge in [0.05, 0.1) is 0 Å². The van der Waals surface area contributed by atoms with Gasteiger partial charge in [-0.25, -0.2) is 18.6 Å². The van der Waals surface area contributed by atoms with E-state index in [0.717, 1.165) is 0 Å². The molecule has 1 radical (unpaired) electrons. The Kier molecular flexibility index (Phi) is 85.9. The molecule has 0 saturated carbocycles. The largest absolute Gasteiger partial charge is 3.00 e. The summed E-state index contributed by atoms with van der Waals surface area (Å²) in [5, 5.41) is 0. The molecule has 0 amide bonds. The quantitative estimate of drug-likeness (QED) is 0.377. The van der Waals surface area contributed by atoms with Gasteiger partial charge in [-0.1, -0.05) is 0 Å². The topological polar surface area (TPSA) is 0 Å². The third-order valence-corrected chi connectivity index (χ3v) is 0.408. The Balaban J connectivity index is -0.0000000133. The van der Waals surface area contributed by atoms with Crippen LogP contribution in [0.4, 0.5) is 0 Å². The zero-order valence-corrected chi connectivity index (χ0v) is 8.34. The Morgan fingerprint density at radius 3 is 1.33 bits per heavy atom. The Hall–Kier alpha value is 0.727. The monoisotopic (exact) mass is 161 g/mol. The summed E-state index contributed by atoms with van der Waals surface area (Å²) in [6.07, 6.45) is 1.83. The molecule has 2 heteroatoms. The first-order chi connectivity index (χ1) is 2.27. The fourth-order valence-corrected chi connectivity index (χ4v) is 0. The third-order valence-electron chi connectivity index (χ3n) is 0.408. The summed E-state index contributed by atoms with van der Waals surface area (Å²) in [5.41, 5.74) is 1.27. The minimum Gasteiger partial charge on any atom is -0.358 e. The molecule has 0 aliphatic rings. The van der Waals surface area contributed by atoms with E-state index >= 15 is 0 Å². The molecule has 0 saturated heterocycles. The molecule has 0 fully saturated rings. The first-order valence-electron chi connectivity index (χ1n) is 1.70. The molecule has 0 aromatic carbocycles. The second-order valence-corrected chi connectivity index (χ2v) is 1.28. The van der Waals surface area contributed by atoms with Crippen molar-refractivity contribution in [3.8, 4) is 0 Å². The third kappa shape index (κ3) is 53.1. The van der Waals surface area contributed by atoms with Crippen LogP contribution in [0.2, 0.25) is 0 Å². The molecular formula is C7H15LiMn. The maximum atomic E-state index is 3.52. The molecule has 51 valence electrons. The fraction of sp³-hybridized carbons (Fsp3) is 0.286. The molecule has 0 spiro atoms. The number of hydrogen-bond acceptors (Lipinski definition) is 0. The van der Waals surface area contributed by atoms with E-state index in [0.29, 0.717) is 0 Å². The van der Waals surface area contributed by atoms with Crippen molar-refractivity contribution in [2.24, 2.45) is 0 Å². The molecule has 0 aliphatic carbocycles. The second-order valence-electron chi connectivity index (χ2n) is 1.28.